The minimum atomic E-state index is -0.571. The van der Waals surface area contributed by atoms with Gasteiger partial charge in [-0.05, 0) is 43.1 Å². The van der Waals surface area contributed by atoms with Crippen molar-refractivity contribution < 1.29 is 5.11 Å². The second-order valence-corrected chi connectivity index (χ2v) is 4.84. The third-order valence-electron chi connectivity index (χ3n) is 3.05. The largest absolute Gasteiger partial charge is 0.388 e. The zero-order valence-electron chi connectivity index (χ0n) is 8.89. The molecular formula is C12H16ClNO. The second kappa shape index (κ2) is 4.12. The van der Waals surface area contributed by atoms with Crippen LogP contribution >= 0.6 is 11.6 Å². The van der Waals surface area contributed by atoms with Crippen LogP contribution in [-0.2, 0) is 6.42 Å². The van der Waals surface area contributed by atoms with E-state index in [1.54, 1.807) is 0 Å². The van der Waals surface area contributed by atoms with Crippen LogP contribution in [0.4, 0.5) is 0 Å². The molecule has 1 aliphatic rings. The van der Waals surface area contributed by atoms with E-state index >= 15 is 0 Å². The number of halogens is 1. The molecule has 1 unspecified atom stereocenters. The zero-order chi connectivity index (χ0) is 10.9. The lowest BCUT2D eigenvalue weighted by atomic mass is 9.91. The Hall–Kier alpha value is -0.570. The highest BCUT2D eigenvalue weighted by Crippen LogP contribution is 2.24. The first-order valence-corrected chi connectivity index (χ1v) is 5.65. The van der Waals surface area contributed by atoms with E-state index in [0.717, 1.165) is 23.6 Å². The van der Waals surface area contributed by atoms with Crippen molar-refractivity contribution in [1.82, 2.24) is 5.32 Å². The molecule has 3 heteroatoms. The van der Waals surface area contributed by atoms with E-state index in [1.165, 1.54) is 5.56 Å². The fraction of sp³-hybridized carbons (Fsp3) is 0.500. The minimum absolute atomic E-state index is 0.571. The molecule has 2 nitrogen and oxygen atoms in total. The Bertz CT molecular complexity index is 359. The smallest absolute Gasteiger partial charge is 0.0823 e. The van der Waals surface area contributed by atoms with Crippen molar-refractivity contribution in [1.29, 1.82) is 0 Å². The summed E-state index contributed by atoms with van der Waals surface area (Å²) in [6.07, 6.45) is 1.54. The van der Waals surface area contributed by atoms with Crippen molar-refractivity contribution >= 4 is 11.6 Å². The quantitative estimate of drug-likeness (QED) is 0.806. The Balaban J connectivity index is 2.16. The Kier molecular flexibility index (Phi) is 3.01. The first-order chi connectivity index (χ1) is 7.09. The number of aliphatic hydroxyl groups is 1. The number of rotatable bonds is 2. The Morgan fingerprint density at radius 1 is 1.53 bits per heavy atom. The van der Waals surface area contributed by atoms with Gasteiger partial charge >= 0.3 is 0 Å². The van der Waals surface area contributed by atoms with Crippen LogP contribution in [0.1, 0.15) is 17.5 Å². The van der Waals surface area contributed by atoms with Crippen LogP contribution in [0.3, 0.4) is 0 Å². The molecule has 1 atom stereocenters. The van der Waals surface area contributed by atoms with Crippen molar-refractivity contribution in [3.63, 3.8) is 0 Å². The van der Waals surface area contributed by atoms with Crippen molar-refractivity contribution in [2.75, 3.05) is 13.1 Å². The fourth-order valence-corrected chi connectivity index (χ4v) is 2.32. The van der Waals surface area contributed by atoms with Gasteiger partial charge in [-0.15, -0.1) is 0 Å². The molecule has 2 N–H and O–H groups in total. The molecule has 82 valence electrons. The van der Waals surface area contributed by atoms with E-state index in [1.807, 2.05) is 25.1 Å². The first kappa shape index (κ1) is 10.9. The number of hydrogen-bond donors (Lipinski definition) is 2. The van der Waals surface area contributed by atoms with Gasteiger partial charge in [-0.3, -0.25) is 0 Å². The Morgan fingerprint density at radius 3 is 2.93 bits per heavy atom. The summed E-state index contributed by atoms with van der Waals surface area (Å²) in [5.41, 5.74) is 1.77. The average Bonchev–Trinajstić information content (AvgIpc) is 2.58. The molecule has 1 aromatic rings. The molecule has 1 heterocycles. The van der Waals surface area contributed by atoms with Crippen LogP contribution in [0.15, 0.2) is 18.2 Å². The third-order valence-corrected chi connectivity index (χ3v) is 3.28. The fourth-order valence-electron chi connectivity index (χ4n) is 2.09. The summed E-state index contributed by atoms with van der Waals surface area (Å²) in [6, 6.07) is 5.84. The van der Waals surface area contributed by atoms with Crippen molar-refractivity contribution in [2.45, 2.75) is 25.4 Å². The molecule has 0 bridgehead atoms. The molecule has 1 aromatic carbocycles. The number of hydrogen-bond acceptors (Lipinski definition) is 2. The molecule has 0 radical (unpaired) electrons. The van der Waals surface area contributed by atoms with Gasteiger partial charge in [-0.2, -0.15) is 0 Å². The molecule has 0 saturated carbocycles. The third kappa shape index (κ3) is 2.51. The van der Waals surface area contributed by atoms with Gasteiger partial charge in [0.1, 0.15) is 0 Å². The summed E-state index contributed by atoms with van der Waals surface area (Å²) in [5, 5.41) is 14.2. The minimum Gasteiger partial charge on any atom is -0.388 e. The molecule has 0 amide bonds. The lowest BCUT2D eigenvalue weighted by Gasteiger charge is -2.22. The summed E-state index contributed by atoms with van der Waals surface area (Å²) in [4.78, 5) is 0. The van der Waals surface area contributed by atoms with Gasteiger partial charge < -0.3 is 10.4 Å². The summed E-state index contributed by atoms with van der Waals surface area (Å²) >= 11 is 5.89. The zero-order valence-corrected chi connectivity index (χ0v) is 9.64. The number of aryl methyl sites for hydroxylation is 1. The average molecular weight is 226 g/mol. The van der Waals surface area contributed by atoms with E-state index < -0.39 is 5.60 Å². The first-order valence-electron chi connectivity index (χ1n) is 5.27. The van der Waals surface area contributed by atoms with Gasteiger partial charge in [-0.25, -0.2) is 0 Å². The van der Waals surface area contributed by atoms with E-state index in [0.29, 0.717) is 13.0 Å². The van der Waals surface area contributed by atoms with Crippen LogP contribution in [0.2, 0.25) is 5.02 Å². The standard InChI is InChI=1S/C12H16ClNO/c1-9-6-11(13)3-2-10(9)7-12(15)4-5-14-8-12/h2-3,6,14-15H,4-5,7-8H2,1H3. The van der Waals surface area contributed by atoms with E-state index in [4.69, 9.17) is 11.6 Å². The van der Waals surface area contributed by atoms with Crippen LogP contribution in [0.25, 0.3) is 0 Å². The predicted molar refractivity (Wildman–Crippen MR) is 62.3 cm³/mol. The van der Waals surface area contributed by atoms with Crippen molar-refractivity contribution in [3.8, 4) is 0 Å². The van der Waals surface area contributed by atoms with Crippen LogP contribution in [-0.4, -0.2) is 23.8 Å². The molecule has 0 spiro atoms. The summed E-state index contributed by atoms with van der Waals surface area (Å²) in [5.74, 6) is 0. The highest BCUT2D eigenvalue weighted by molar-refractivity contribution is 6.30. The summed E-state index contributed by atoms with van der Waals surface area (Å²) in [6.45, 7) is 3.63. The lowest BCUT2D eigenvalue weighted by molar-refractivity contribution is 0.0617. The van der Waals surface area contributed by atoms with Gasteiger partial charge in [0, 0.05) is 18.0 Å². The van der Waals surface area contributed by atoms with Crippen molar-refractivity contribution in [3.05, 3.63) is 34.3 Å². The Morgan fingerprint density at radius 2 is 2.33 bits per heavy atom. The second-order valence-electron chi connectivity index (χ2n) is 4.40. The predicted octanol–water partition coefficient (Wildman–Crippen LogP) is 1.92. The van der Waals surface area contributed by atoms with Crippen LogP contribution in [0, 0.1) is 6.92 Å². The number of nitrogens with one attached hydrogen (secondary N) is 1. The maximum Gasteiger partial charge on any atom is 0.0823 e. The Labute approximate surface area is 95.3 Å². The monoisotopic (exact) mass is 225 g/mol. The molecular weight excluding hydrogens is 210 g/mol. The number of β-amino-alcohol motifs (C(OH)–C–C–N with tert-alkyl or cyclic N) is 1. The van der Waals surface area contributed by atoms with Gasteiger partial charge in [0.15, 0.2) is 0 Å². The highest BCUT2D eigenvalue weighted by atomic mass is 35.5. The maximum absolute atomic E-state index is 10.2. The van der Waals surface area contributed by atoms with Crippen LogP contribution < -0.4 is 5.32 Å². The lowest BCUT2D eigenvalue weighted by Crippen LogP contribution is -2.34. The highest BCUT2D eigenvalue weighted by Gasteiger charge is 2.31. The number of benzene rings is 1. The van der Waals surface area contributed by atoms with Gasteiger partial charge in [-0.1, -0.05) is 17.7 Å². The van der Waals surface area contributed by atoms with Gasteiger partial charge in [0.25, 0.3) is 0 Å². The molecule has 1 aliphatic heterocycles. The topological polar surface area (TPSA) is 32.3 Å². The van der Waals surface area contributed by atoms with E-state index in [-0.39, 0.29) is 0 Å². The van der Waals surface area contributed by atoms with Gasteiger partial charge in [0.2, 0.25) is 0 Å². The van der Waals surface area contributed by atoms with Crippen molar-refractivity contribution in [2.24, 2.45) is 0 Å². The molecule has 0 aromatic heterocycles. The summed E-state index contributed by atoms with van der Waals surface area (Å²) < 4.78 is 0. The molecule has 0 aliphatic carbocycles. The van der Waals surface area contributed by atoms with E-state index in [2.05, 4.69) is 5.32 Å². The van der Waals surface area contributed by atoms with E-state index in [9.17, 15) is 5.11 Å². The maximum atomic E-state index is 10.2. The SMILES string of the molecule is Cc1cc(Cl)ccc1CC1(O)CCNC1. The molecule has 15 heavy (non-hydrogen) atoms. The van der Waals surface area contributed by atoms with Gasteiger partial charge in [0.05, 0.1) is 5.60 Å². The normalized spacial score (nSPS) is 25.8. The summed E-state index contributed by atoms with van der Waals surface area (Å²) in [7, 11) is 0. The molecule has 2 rings (SSSR count). The molecule has 1 saturated heterocycles. The molecule has 1 fully saturated rings. The van der Waals surface area contributed by atoms with Crippen LogP contribution in [0.5, 0.6) is 0 Å².